The van der Waals surface area contributed by atoms with Gasteiger partial charge in [-0.2, -0.15) is 0 Å². The fraction of sp³-hybridized carbons (Fsp3) is 0.125. The average molecular weight is 351 g/mol. The number of carbonyl (C=O) groups excluding carboxylic acids is 1. The minimum atomic E-state index is -0.511. The molecule has 0 aliphatic heterocycles. The summed E-state index contributed by atoms with van der Waals surface area (Å²) in [6, 6.07) is 8.82. The van der Waals surface area contributed by atoms with Crippen LogP contribution in [0.1, 0.15) is 16.1 Å². The summed E-state index contributed by atoms with van der Waals surface area (Å²) >= 11 is 11.9. The summed E-state index contributed by atoms with van der Waals surface area (Å²) in [6.45, 7) is 0.0171. The summed E-state index contributed by atoms with van der Waals surface area (Å²) in [7, 11) is 1.59. The molecule has 2 aromatic heterocycles. The summed E-state index contributed by atoms with van der Waals surface area (Å²) < 4.78 is 10.4. The number of benzene rings is 1. The lowest BCUT2D eigenvalue weighted by atomic mass is 10.1. The number of esters is 1. The van der Waals surface area contributed by atoms with Crippen LogP contribution in [0.25, 0.3) is 10.9 Å². The molecule has 0 atom stereocenters. The highest BCUT2D eigenvalue weighted by Crippen LogP contribution is 2.25. The molecule has 0 saturated carbocycles. The number of fused-ring (bicyclic) bond motifs is 1. The van der Waals surface area contributed by atoms with Crippen molar-refractivity contribution in [3.05, 3.63) is 58.0 Å². The highest BCUT2D eigenvalue weighted by Gasteiger charge is 2.12. The minimum Gasteiger partial charge on any atom is -0.497 e. The number of H-pyrrole nitrogens is 1. The van der Waals surface area contributed by atoms with Crippen LogP contribution in [0.15, 0.2) is 36.5 Å². The zero-order valence-corrected chi connectivity index (χ0v) is 13.6. The molecule has 0 aliphatic rings. The smallest absolute Gasteiger partial charge is 0.355 e. The molecule has 118 valence electrons. The van der Waals surface area contributed by atoms with Gasteiger partial charge in [0.2, 0.25) is 0 Å². The second kappa shape index (κ2) is 6.48. The molecule has 7 heteroatoms. The van der Waals surface area contributed by atoms with Crippen molar-refractivity contribution in [1.82, 2.24) is 9.97 Å². The summed E-state index contributed by atoms with van der Waals surface area (Å²) in [5.41, 5.74) is 1.61. The Labute approximate surface area is 142 Å². The van der Waals surface area contributed by atoms with E-state index in [0.29, 0.717) is 21.9 Å². The van der Waals surface area contributed by atoms with Gasteiger partial charge in [-0.1, -0.05) is 23.2 Å². The fourth-order valence-corrected chi connectivity index (χ4v) is 2.47. The third-order valence-corrected chi connectivity index (χ3v) is 3.82. The molecule has 0 fully saturated rings. The first-order chi connectivity index (χ1) is 11.1. The van der Waals surface area contributed by atoms with Crippen LogP contribution in [0.4, 0.5) is 0 Å². The van der Waals surface area contributed by atoms with E-state index >= 15 is 0 Å². The number of methoxy groups -OCH3 is 1. The number of aromatic nitrogens is 2. The van der Waals surface area contributed by atoms with Crippen molar-refractivity contribution in [2.75, 3.05) is 7.11 Å². The molecule has 1 aromatic carbocycles. The quantitative estimate of drug-likeness (QED) is 0.564. The maximum atomic E-state index is 11.9. The largest absolute Gasteiger partial charge is 0.497 e. The molecule has 0 aliphatic carbocycles. The fourth-order valence-electron chi connectivity index (χ4n) is 2.10. The van der Waals surface area contributed by atoms with Crippen LogP contribution >= 0.6 is 23.2 Å². The van der Waals surface area contributed by atoms with Crippen molar-refractivity contribution in [3.63, 3.8) is 0 Å². The third kappa shape index (κ3) is 3.41. The summed E-state index contributed by atoms with van der Waals surface area (Å²) in [4.78, 5) is 18.9. The number of halogens is 2. The minimum absolute atomic E-state index is 0.0171. The Morgan fingerprint density at radius 1 is 1.26 bits per heavy atom. The van der Waals surface area contributed by atoms with Gasteiger partial charge in [0.1, 0.15) is 23.2 Å². The van der Waals surface area contributed by atoms with E-state index in [9.17, 15) is 4.79 Å². The third-order valence-electron chi connectivity index (χ3n) is 3.28. The number of ether oxygens (including phenoxy) is 2. The Hall–Kier alpha value is -2.24. The van der Waals surface area contributed by atoms with Crippen LogP contribution in [-0.2, 0) is 11.3 Å². The highest BCUT2D eigenvalue weighted by molar-refractivity contribution is 6.31. The van der Waals surface area contributed by atoms with Gasteiger partial charge in [-0.05, 0) is 24.3 Å². The number of hydrogen-bond donors (Lipinski definition) is 1. The molecule has 0 unspecified atom stereocenters. The maximum absolute atomic E-state index is 11.9. The number of aromatic amines is 1. The average Bonchev–Trinajstić information content (AvgIpc) is 2.98. The first-order valence-electron chi connectivity index (χ1n) is 6.71. The zero-order valence-electron chi connectivity index (χ0n) is 12.1. The first kappa shape index (κ1) is 15.6. The van der Waals surface area contributed by atoms with E-state index in [1.54, 1.807) is 13.2 Å². The number of nitrogens with zero attached hydrogens (tertiary/aromatic N) is 1. The SMILES string of the molecule is COc1ccc2cc(COC(=O)c3cc(Cl)c[nH]3)c(Cl)nc2c1. The van der Waals surface area contributed by atoms with Crippen LogP contribution in [0, 0.1) is 0 Å². The molecule has 2 heterocycles. The maximum Gasteiger partial charge on any atom is 0.355 e. The molecule has 0 saturated heterocycles. The Balaban J connectivity index is 1.80. The van der Waals surface area contributed by atoms with E-state index in [1.165, 1.54) is 12.3 Å². The number of nitrogens with one attached hydrogen (secondary N) is 1. The summed E-state index contributed by atoms with van der Waals surface area (Å²) in [5, 5.41) is 1.60. The number of hydrogen-bond acceptors (Lipinski definition) is 4. The summed E-state index contributed by atoms with van der Waals surface area (Å²) in [6.07, 6.45) is 1.51. The van der Waals surface area contributed by atoms with Gasteiger partial charge in [-0.25, -0.2) is 9.78 Å². The van der Waals surface area contributed by atoms with Crippen molar-refractivity contribution < 1.29 is 14.3 Å². The lowest BCUT2D eigenvalue weighted by Crippen LogP contribution is -2.06. The van der Waals surface area contributed by atoms with Gasteiger partial charge in [-0.15, -0.1) is 0 Å². The Bertz CT molecular complexity index is 877. The lowest BCUT2D eigenvalue weighted by molar-refractivity contribution is 0.0466. The number of carbonyl (C=O) groups is 1. The Morgan fingerprint density at radius 2 is 2.09 bits per heavy atom. The van der Waals surface area contributed by atoms with Gasteiger partial charge in [0.15, 0.2) is 0 Å². The standard InChI is InChI=1S/C16H12Cl2N2O3/c1-22-12-3-2-9-4-10(15(18)20-13(9)6-12)8-23-16(21)14-5-11(17)7-19-14/h2-7,19H,8H2,1H3. The second-order valence-electron chi connectivity index (χ2n) is 4.80. The monoisotopic (exact) mass is 350 g/mol. The van der Waals surface area contributed by atoms with E-state index in [1.807, 2.05) is 18.2 Å². The van der Waals surface area contributed by atoms with Gasteiger partial charge in [0, 0.05) is 23.2 Å². The van der Waals surface area contributed by atoms with Gasteiger partial charge < -0.3 is 14.5 Å². The van der Waals surface area contributed by atoms with Gasteiger partial charge >= 0.3 is 5.97 Å². The number of pyridine rings is 1. The van der Waals surface area contributed by atoms with Crippen molar-refractivity contribution >= 4 is 40.1 Å². The topological polar surface area (TPSA) is 64.2 Å². The molecule has 0 radical (unpaired) electrons. The van der Waals surface area contributed by atoms with Crippen molar-refractivity contribution in [2.45, 2.75) is 6.61 Å². The predicted molar refractivity (Wildman–Crippen MR) is 88.2 cm³/mol. The lowest BCUT2D eigenvalue weighted by Gasteiger charge is -2.08. The molecule has 3 aromatic rings. The molecular weight excluding hydrogens is 339 g/mol. The van der Waals surface area contributed by atoms with E-state index in [-0.39, 0.29) is 17.5 Å². The van der Waals surface area contributed by atoms with Crippen LogP contribution in [0.2, 0.25) is 10.2 Å². The van der Waals surface area contributed by atoms with E-state index in [0.717, 1.165) is 5.39 Å². The van der Waals surface area contributed by atoms with Gasteiger partial charge in [0.25, 0.3) is 0 Å². The van der Waals surface area contributed by atoms with Crippen LogP contribution in [0.5, 0.6) is 5.75 Å². The van der Waals surface area contributed by atoms with Crippen LogP contribution < -0.4 is 4.74 Å². The molecule has 1 N–H and O–H groups in total. The highest BCUT2D eigenvalue weighted by atomic mass is 35.5. The van der Waals surface area contributed by atoms with E-state index < -0.39 is 5.97 Å². The summed E-state index contributed by atoms with van der Waals surface area (Å²) in [5.74, 6) is 0.187. The predicted octanol–water partition coefficient (Wildman–Crippen LogP) is 4.24. The molecule has 3 rings (SSSR count). The van der Waals surface area contributed by atoms with Crippen LogP contribution in [-0.4, -0.2) is 23.0 Å². The van der Waals surface area contributed by atoms with E-state index in [2.05, 4.69) is 9.97 Å². The first-order valence-corrected chi connectivity index (χ1v) is 7.46. The number of rotatable bonds is 4. The molecule has 5 nitrogen and oxygen atoms in total. The van der Waals surface area contributed by atoms with Crippen molar-refractivity contribution in [1.29, 1.82) is 0 Å². The Morgan fingerprint density at radius 3 is 2.78 bits per heavy atom. The Kier molecular flexibility index (Phi) is 4.41. The van der Waals surface area contributed by atoms with Gasteiger partial charge in [-0.3, -0.25) is 0 Å². The van der Waals surface area contributed by atoms with Crippen molar-refractivity contribution in [2.24, 2.45) is 0 Å². The van der Waals surface area contributed by atoms with Crippen LogP contribution in [0.3, 0.4) is 0 Å². The molecular formula is C16H12Cl2N2O3. The molecule has 0 bridgehead atoms. The molecule has 0 spiro atoms. The van der Waals surface area contributed by atoms with Crippen molar-refractivity contribution in [3.8, 4) is 5.75 Å². The van der Waals surface area contributed by atoms with Gasteiger partial charge in [0.05, 0.1) is 17.6 Å². The van der Waals surface area contributed by atoms with E-state index in [4.69, 9.17) is 32.7 Å². The normalized spacial score (nSPS) is 10.7. The zero-order chi connectivity index (χ0) is 16.4. The second-order valence-corrected chi connectivity index (χ2v) is 5.60. The molecule has 0 amide bonds. The molecule has 23 heavy (non-hydrogen) atoms.